The summed E-state index contributed by atoms with van der Waals surface area (Å²) in [6.45, 7) is 0. The van der Waals surface area contributed by atoms with Crippen molar-refractivity contribution >= 4 is 10.9 Å². The predicted octanol–water partition coefficient (Wildman–Crippen LogP) is 6.56. The van der Waals surface area contributed by atoms with Crippen LogP contribution in [0.1, 0.15) is 22.3 Å². The smallest absolute Gasteiger partial charge is 0.109 e. The topological polar surface area (TPSA) is 4.93 Å². The standard InChI is InChI=1S/C30H23N/c1-31-23-28(27-19-11-12-20-29(27)31)30(25-15-7-3-8-16-25,26-17-9-4-10-18-26)22-21-24-13-5-2-6-14-24/h2-20,23H,1H3. The van der Waals surface area contributed by atoms with Crippen LogP contribution in [-0.2, 0) is 12.5 Å². The second kappa shape index (κ2) is 8.01. The first-order valence-electron chi connectivity index (χ1n) is 10.5. The molecule has 0 aliphatic carbocycles. The molecule has 148 valence electrons. The van der Waals surface area contributed by atoms with E-state index in [-0.39, 0.29) is 0 Å². The molecular formula is C30H23N. The normalized spacial score (nSPS) is 11.1. The first kappa shape index (κ1) is 19.0. The van der Waals surface area contributed by atoms with Gasteiger partial charge in [-0.3, -0.25) is 0 Å². The van der Waals surface area contributed by atoms with E-state index in [0.717, 1.165) is 5.56 Å². The molecule has 5 rings (SSSR count). The van der Waals surface area contributed by atoms with Crippen molar-refractivity contribution in [3.63, 3.8) is 0 Å². The fraction of sp³-hybridized carbons (Fsp3) is 0.0667. The molecule has 4 aromatic carbocycles. The lowest BCUT2D eigenvalue weighted by atomic mass is 9.69. The molecule has 5 aromatic rings. The zero-order valence-corrected chi connectivity index (χ0v) is 17.5. The number of aromatic nitrogens is 1. The molecule has 0 atom stereocenters. The van der Waals surface area contributed by atoms with Crippen LogP contribution in [0.4, 0.5) is 0 Å². The van der Waals surface area contributed by atoms with Crippen molar-refractivity contribution in [3.05, 3.63) is 144 Å². The molecule has 0 N–H and O–H groups in total. The van der Waals surface area contributed by atoms with Gasteiger partial charge in [0.15, 0.2) is 0 Å². The molecule has 0 saturated heterocycles. The number of nitrogens with zero attached hydrogens (tertiary/aromatic N) is 1. The summed E-state index contributed by atoms with van der Waals surface area (Å²) in [5.41, 5.74) is 5.15. The summed E-state index contributed by atoms with van der Waals surface area (Å²) in [5, 5.41) is 1.22. The number of fused-ring (bicyclic) bond motifs is 1. The molecule has 0 aliphatic rings. The predicted molar refractivity (Wildman–Crippen MR) is 129 cm³/mol. The largest absolute Gasteiger partial charge is 0.350 e. The number of aryl methyl sites for hydroxylation is 1. The lowest BCUT2D eigenvalue weighted by Crippen LogP contribution is -2.27. The van der Waals surface area contributed by atoms with Crippen LogP contribution >= 0.6 is 0 Å². The van der Waals surface area contributed by atoms with E-state index in [2.05, 4.69) is 127 Å². The highest BCUT2D eigenvalue weighted by Gasteiger charge is 2.37. The van der Waals surface area contributed by atoms with Gasteiger partial charge in [0.25, 0.3) is 0 Å². The number of hydrogen-bond acceptors (Lipinski definition) is 0. The fourth-order valence-electron chi connectivity index (χ4n) is 4.39. The number of hydrogen-bond donors (Lipinski definition) is 0. The van der Waals surface area contributed by atoms with Gasteiger partial charge in [0, 0.05) is 35.3 Å². The number of benzene rings is 4. The third kappa shape index (κ3) is 3.33. The van der Waals surface area contributed by atoms with Gasteiger partial charge >= 0.3 is 0 Å². The monoisotopic (exact) mass is 397 g/mol. The number of rotatable bonds is 3. The zero-order chi connectivity index (χ0) is 21.1. The summed E-state index contributed by atoms with van der Waals surface area (Å²) in [5.74, 6) is 7.24. The van der Waals surface area contributed by atoms with Gasteiger partial charge in [-0.25, -0.2) is 0 Å². The number of para-hydroxylation sites is 1. The molecule has 1 heterocycles. The molecule has 0 amide bonds. The molecule has 0 unspecified atom stereocenters. The Morgan fingerprint density at radius 2 is 1.13 bits per heavy atom. The Morgan fingerprint density at radius 3 is 1.74 bits per heavy atom. The Kier molecular flexibility index (Phi) is 4.90. The van der Waals surface area contributed by atoms with Crippen molar-refractivity contribution in [3.8, 4) is 11.8 Å². The van der Waals surface area contributed by atoms with Crippen molar-refractivity contribution in [1.82, 2.24) is 4.57 Å². The van der Waals surface area contributed by atoms with E-state index in [9.17, 15) is 0 Å². The van der Waals surface area contributed by atoms with Gasteiger partial charge < -0.3 is 4.57 Å². The molecule has 0 spiro atoms. The van der Waals surface area contributed by atoms with Crippen LogP contribution in [0.25, 0.3) is 10.9 Å². The highest BCUT2D eigenvalue weighted by Crippen LogP contribution is 2.42. The Balaban J connectivity index is 1.90. The zero-order valence-electron chi connectivity index (χ0n) is 17.5. The molecule has 0 saturated carbocycles. The van der Waals surface area contributed by atoms with E-state index < -0.39 is 5.41 Å². The van der Waals surface area contributed by atoms with E-state index in [1.807, 2.05) is 18.2 Å². The Labute approximate surface area is 183 Å². The summed E-state index contributed by atoms with van der Waals surface area (Å²) in [4.78, 5) is 0. The van der Waals surface area contributed by atoms with E-state index in [1.165, 1.54) is 27.6 Å². The van der Waals surface area contributed by atoms with E-state index in [0.29, 0.717) is 0 Å². The lowest BCUT2D eigenvalue weighted by Gasteiger charge is -2.30. The second-order valence-corrected chi connectivity index (χ2v) is 7.77. The second-order valence-electron chi connectivity index (χ2n) is 7.77. The maximum atomic E-state index is 3.74. The third-order valence-electron chi connectivity index (χ3n) is 5.88. The van der Waals surface area contributed by atoms with Gasteiger partial charge in [0.2, 0.25) is 0 Å². The minimum atomic E-state index is -0.598. The van der Waals surface area contributed by atoms with Crippen molar-refractivity contribution in [2.75, 3.05) is 0 Å². The molecule has 1 aromatic heterocycles. The minimum Gasteiger partial charge on any atom is -0.350 e. The van der Waals surface area contributed by atoms with E-state index >= 15 is 0 Å². The van der Waals surface area contributed by atoms with Gasteiger partial charge in [-0.05, 0) is 29.3 Å². The van der Waals surface area contributed by atoms with Gasteiger partial charge in [-0.1, -0.05) is 109 Å². The van der Waals surface area contributed by atoms with Crippen molar-refractivity contribution in [1.29, 1.82) is 0 Å². The Bertz CT molecular complexity index is 1330. The summed E-state index contributed by atoms with van der Waals surface area (Å²) in [7, 11) is 2.11. The molecule has 31 heavy (non-hydrogen) atoms. The highest BCUT2D eigenvalue weighted by molar-refractivity contribution is 5.88. The average Bonchev–Trinajstić information content (AvgIpc) is 3.19. The van der Waals surface area contributed by atoms with Crippen LogP contribution in [0, 0.1) is 11.8 Å². The molecule has 0 bridgehead atoms. The van der Waals surface area contributed by atoms with Crippen molar-refractivity contribution < 1.29 is 0 Å². The SMILES string of the molecule is Cn1cc(C(C#Cc2ccccc2)(c2ccccc2)c2ccccc2)c2ccccc21. The Morgan fingerprint density at radius 1 is 0.613 bits per heavy atom. The van der Waals surface area contributed by atoms with Crippen molar-refractivity contribution in [2.24, 2.45) is 7.05 Å². The molecule has 0 aliphatic heterocycles. The van der Waals surface area contributed by atoms with Gasteiger partial charge in [0.05, 0.1) is 0 Å². The van der Waals surface area contributed by atoms with Crippen LogP contribution in [0.15, 0.2) is 121 Å². The van der Waals surface area contributed by atoms with Crippen LogP contribution in [0.5, 0.6) is 0 Å². The van der Waals surface area contributed by atoms with Gasteiger partial charge in [0.1, 0.15) is 5.41 Å². The first-order chi connectivity index (χ1) is 15.3. The van der Waals surface area contributed by atoms with Crippen LogP contribution in [-0.4, -0.2) is 4.57 Å². The fourth-order valence-corrected chi connectivity index (χ4v) is 4.39. The molecule has 0 radical (unpaired) electrons. The lowest BCUT2D eigenvalue weighted by molar-refractivity contribution is 0.806. The summed E-state index contributed by atoms with van der Waals surface area (Å²) in [6, 6.07) is 40.1. The van der Waals surface area contributed by atoms with E-state index in [1.54, 1.807) is 0 Å². The van der Waals surface area contributed by atoms with Crippen LogP contribution < -0.4 is 0 Å². The molecule has 1 nitrogen and oxygen atoms in total. The summed E-state index contributed by atoms with van der Waals surface area (Å²) < 4.78 is 2.20. The first-order valence-corrected chi connectivity index (χ1v) is 10.5. The van der Waals surface area contributed by atoms with Crippen molar-refractivity contribution in [2.45, 2.75) is 5.41 Å². The average molecular weight is 398 g/mol. The molecular weight excluding hydrogens is 374 g/mol. The Hall–Kier alpha value is -4.02. The van der Waals surface area contributed by atoms with Gasteiger partial charge in [-0.15, -0.1) is 0 Å². The highest BCUT2D eigenvalue weighted by atomic mass is 14.9. The molecule has 1 heteroatoms. The van der Waals surface area contributed by atoms with Crippen LogP contribution in [0.3, 0.4) is 0 Å². The summed E-state index contributed by atoms with van der Waals surface area (Å²) >= 11 is 0. The summed E-state index contributed by atoms with van der Waals surface area (Å²) in [6.07, 6.45) is 2.24. The molecule has 0 fully saturated rings. The maximum absolute atomic E-state index is 3.74. The van der Waals surface area contributed by atoms with Gasteiger partial charge in [-0.2, -0.15) is 0 Å². The maximum Gasteiger partial charge on any atom is 0.109 e. The minimum absolute atomic E-state index is 0.598. The van der Waals surface area contributed by atoms with E-state index in [4.69, 9.17) is 0 Å². The third-order valence-corrected chi connectivity index (χ3v) is 5.88. The van der Waals surface area contributed by atoms with Crippen LogP contribution in [0.2, 0.25) is 0 Å². The quantitative estimate of drug-likeness (QED) is 0.304.